The first-order chi connectivity index (χ1) is 6.15. The van der Waals surface area contributed by atoms with Crippen LogP contribution in [0.15, 0.2) is 18.2 Å². The smallest absolute Gasteiger partial charge is 0.180 e. The number of carbonyl (C=O) groups excluding carboxylic acids is 1. The van der Waals surface area contributed by atoms with Crippen molar-refractivity contribution in [2.24, 2.45) is 0 Å². The monoisotopic (exact) mass is 199 g/mol. The van der Waals surface area contributed by atoms with E-state index in [1.54, 1.807) is 7.05 Å². The zero-order valence-corrected chi connectivity index (χ0v) is 7.93. The number of ketones is 1. The first kappa shape index (κ1) is 10.0. The Kier molecular flexibility index (Phi) is 3.28. The Morgan fingerprint density at radius 2 is 2.31 bits per heavy atom. The van der Waals surface area contributed by atoms with Crippen LogP contribution in [0.1, 0.15) is 10.4 Å². The Morgan fingerprint density at radius 3 is 2.92 bits per heavy atom. The van der Waals surface area contributed by atoms with E-state index in [0.29, 0.717) is 5.02 Å². The molecule has 0 aliphatic heterocycles. The number of benzene rings is 1. The molecule has 2 N–H and O–H groups in total. The van der Waals surface area contributed by atoms with Crippen molar-refractivity contribution in [2.75, 3.05) is 13.6 Å². The standard InChI is InChI=1S/C9H10ClNO2/c1-11-5-9(13)7-4-6(10)2-3-8(7)12/h2-4,11-12H,5H2,1H3. The molecule has 1 aromatic rings. The predicted molar refractivity (Wildman–Crippen MR) is 51.4 cm³/mol. The normalized spacial score (nSPS) is 10.0. The van der Waals surface area contributed by atoms with Crippen LogP contribution in [0, 0.1) is 0 Å². The average molecular weight is 200 g/mol. The Morgan fingerprint density at radius 1 is 1.62 bits per heavy atom. The van der Waals surface area contributed by atoms with E-state index in [2.05, 4.69) is 5.32 Å². The summed E-state index contributed by atoms with van der Waals surface area (Å²) < 4.78 is 0. The number of phenolic OH excluding ortho intramolecular Hbond substituents is 1. The van der Waals surface area contributed by atoms with Crippen LogP contribution in [0.2, 0.25) is 5.02 Å². The lowest BCUT2D eigenvalue weighted by molar-refractivity contribution is 0.0991. The molecule has 0 atom stereocenters. The van der Waals surface area contributed by atoms with E-state index in [1.165, 1.54) is 18.2 Å². The molecular formula is C9H10ClNO2. The van der Waals surface area contributed by atoms with Crippen LogP contribution in [0.4, 0.5) is 0 Å². The molecule has 0 unspecified atom stereocenters. The SMILES string of the molecule is CNCC(=O)c1cc(Cl)ccc1O. The average Bonchev–Trinajstić information content (AvgIpc) is 2.09. The first-order valence-electron chi connectivity index (χ1n) is 3.81. The van der Waals surface area contributed by atoms with Gasteiger partial charge < -0.3 is 10.4 Å². The summed E-state index contributed by atoms with van der Waals surface area (Å²) in [6.45, 7) is 0.188. The van der Waals surface area contributed by atoms with Crippen molar-refractivity contribution in [3.8, 4) is 5.75 Å². The molecule has 1 aromatic carbocycles. The molecule has 4 heteroatoms. The molecule has 0 amide bonds. The van der Waals surface area contributed by atoms with Gasteiger partial charge >= 0.3 is 0 Å². The fourth-order valence-corrected chi connectivity index (χ4v) is 1.16. The second kappa shape index (κ2) is 4.25. The number of rotatable bonds is 3. The maximum Gasteiger partial charge on any atom is 0.180 e. The molecule has 0 aliphatic carbocycles. The molecule has 1 rings (SSSR count). The van der Waals surface area contributed by atoms with Gasteiger partial charge in [-0.2, -0.15) is 0 Å². The highest BCUT2D eigenvalue weighted by atomic mass is 35.5. The molecule has 0 fully saturated rings. The van der Waals surface area contributed by atoms with Crippen molar-refractivity contribution in [3.63, 3.8) is 0 Å². The molecule has 3 nitrogen and oxygen atoms in total. The molecule has 0 saturated heterocycles. The summed E-state index contributed by atoms with van der Waals surface area (Å²) in [6.07, 6.45) is 0. The van der Waals surface area contributed by atoms with Crippen LogP contribution in [0.5, 0.6) is 5.75 Å². The van der Waals surface area contributed by atoms with Crippen LogP contribution >= 0.6 is 11.6 Å². The van der Waals surface area contributed by atoms with Crippen molar-refractivity contribution < 1.29 is 9.90 Å². The van der Waals surface area contributed by atoms with Gasteiger partial charge in [0.1, 0.15) is 5.75 Å². The summed E-state index contributed by atoms with van der Waals surface area (Å²) in [4.78, 5) is 11.3. The van der Waals surface area contributed by atoms with E-state index in [0.717, 1.165) is 0 Å². The van der Waals surface area contributed by atoms with Crippen LogP contribution in [0.25, 0.3) is 0 Å². The van der Waals surface area contributed by atoms with Gasteiger partial charge in [-0.3, -0.25) is 4.79 Å². The van der Waals surface area contributed by atoms with Gasteiger partial charge in [-0.05, 0) is 25.2 Å². The Bertz CT molecular complexity index is 325. The number of hydrogen-bond acceptors (Lipinski definition) is 3. The number of nitrogens with one attached hydrogen (secondary N) is 1. The van der Waals surface area contributed by atoms with E-state index < -0.39 is 0 Å². The van der Waals surface area contributed by atoms with Crippen LogP contribution in [-0.2, 0) is 0 Å². The van der Waals surface area contributed by atoms with E-state index in [1.807, 2.05) is 0 Å². The minimum Gasteiger partial charge on any atom is -0.507 e. The van der Waals surface area contributed by atoms with Gasteiger partial charge in [0, 0.05) is 5.02 Å². The maximum absolute atomic E-state index is 11.3. The van der Waals surface area contributed by atoms with Gasteiger partial charge in [0.2, 0.25) is 0 Å². The number of halogens is 1. The van der Waals surface area contributed by atoms with Crippen LogP contribution < -0.4 is 5.32 Å². The zero-order valence-electron chi connectivity index (χ0n) is 7.17. The third-order valence-electron chi connectivity index (χ3n) is 1.60. The van der Waals surface area contributed by atoms with Crippen molar-refractivity contribution in [2.45, 2.75) is 0 Å². The summed E-state index contributed by atoms with van der Waals surface area (Å²) in [5, 5.41) is 12.5. The number of likely N-dealkylation sites (N-methyl/N-ethyl adjacent to an activating group) is 1. The second-order valence-electron chi connectivity index (χ2n) is 2.61. The lowest BCUT2D eigenvalue weighted by atomic mass is 10.1. The number of carbonyl (C=O) groups is 1. The first-order valence-corrected chi connectivity index (χ1v) is 4.19. The van der Waals surface area contributed by atoms with E-state index in [-0.39, 0.29) is 23.6 Å². The van der Waals surface area contributed by atoms with Crippen molar-refractivity contribution in [3.05, 3.63) is 28.8 Å². The van der Waals surface area contributed by atoms with Crippen LogP contribution in [0.3, 0.4) is 0 Å². The molecule has 0 radical (unpaired) electrons. The largest absolute Gasteiger partial charge is 0.507 e. The fraction of sp³-hybridized carbons (Fsp3) is 0.222. The summed E-state index contributed by atoms with van der Waals surface area (Å²) in [7, 11) is 1.67. The minimum atomic E-state index is -0.178. The summed E-state index contributed by atoms with van der Waals surface area (Å²) in [5.74, 6) is -0.216. The van der Waals surface area contributed by atoms with Crippen molar-refractivity contribution >= 4 is 17.4 Å². The van der Waals surface area contributed by atoms with Gasteiger partial charge in [0.25, 0.3) is 0 Å². The van der Waals surface area contributed by atoms with E-state index in [4.69, 9.17) is 11.6 Å². The van der Waals surface area contributed by atoms with Gasteiger partial charge in [0.05, 0.1) is 12.1 Å². The van der Waals surface area contributed by atoms with Gasteiger partial charge in [-0.15, -0.1) is 0 Å². The Labute approximate surface area is 81.3 Å². The van der Waals surface area contributed by atoms with E-state index in [9.17, 15) is 9.90 Å². The molecule has 13 heavy (non-hydrogen) atoms. The molecular weight excluding hydrogens is 190 g/mol. The number of hydrogen-bond donors (Lipinski definition) is 2. The molecule has 0 aromatic heterocycles. The van der Waals surface area contributed by atoms with Gasteiger partial charge in [-0.1, -0.05) is 11.6 Å². The highest BCUT2D eigenvalue weighted by Crippen LogP contribution is 2.21. The Hall–Kier alpha value is -1.06. The maximum atomic E-state index is 11.3. The zero-order chi connectivity index (χ0) is 9.84. The second-order valence-corrected chi connectivity index (χ2v) is 3.05. The fourth-order valence-electron chi connectivity index (χ4n) is 0.987. The molecule has 0 spiro atoms. The van der Waals surface area contributed by atoms with Crippen molar-refractivity contribution in [1.29, 1.82) is 0 Å². The number of Topliss-reactive ketones (excluding diaryl/α,β-unsaturated/α-hetero) is 1. The van der Waals surface area contributed by atoms with E-state index >= 15 is 0 Å². The third-order valence-corrected chi connectivity index (χ3v) is 1.83. The summed E-state index contributed by atoms with van der Waals surface area (Å²) in [6, 6.07) is 4.40. The van der Waals surface area contributed by atoms with Gasteiger partial charge in [0.15, 0.2) is 5.78 Å². The van der Waals surface area contributed by atoms with Crippen molar-refractivity contribution in [1.82, 2.24) is 5.32 Å². The molecule has 0 bridgehead atoms. The number of aromatic hydroxyl groups is 1. The molecule has 0 heterocycles. The Balaban J connectivity index is 2.99. The van der Waals surface area contributed by atoms with Crippen LogP contribution in [-0.4, -0.2) is 24.5 Å². The minimum absolute atomic E-state index is 0.0374. The molecule has 0 saturated carbocycles. The third kappa shape index (κ3) is 2.44. The quantitative estimate of drug-likeness (QED) is 0.725. The summed E-state index contributed by atoms with van der Waals surface area (Å²) in [5.41, 5.74) is 0.252. The van der Waals surface area contributed by atoms with Gasteiger partial charge in [-0.25, -0.2) is 0 Å². The number of phenols is 1. The molecule has 70 valence electrons. The lowest BCUT2D eigenvalue weighted by Crippen LogP contribution is -2.18. The lowest BCUT2D eigenvalue weighted by Gasteiger charge is -2.03. The summed E-state index contributed by atoms with van der Waals surface area (Å²) >= 11 is 5.68. The highest BCUT2D eigenvalue weighted by Gasteiger charge is 2.09. The topological polar surface area (TPSA) is 49.3 Å². The predicted octanol–water partition coefficient (Wildman–Crippen LogP) is 1.45. The molecule has 0 aliphatic rings. The highest BCUT2D eigenvalue weighted by molar-refractivity contribution is 6.31.